The minimum Gasteiger partial charge on any atom is -0.483 e. The van der Waals surface area contributed by atoms with E-state index >= 15 is 0 Å². The Hall–Kier alpha value is -1.27. The second-order valence-corrected chi connectivity index (χ2v) is 5.34. The second-order valence-electron chi connectivity index (χ2n) is 4.05. The number of rotatable bonds is 6. The lowest BCUT2D eigenvalue weighted by atomic mass is 10.3. The van der Waals surface area contributed by atoms with Crippen LogP contribution in [0.4, 0.5) is 0 Å². The molecule has 2 N–H and O–H groups in total. The molecule has 7 heteroatoms. The zero-order chi connectivity index (χ0) is 15.1. The molecule has 110 valence electrons. The monoisotopic (exact) mass is 362 g/mol. The number of likely N-dealkylation sites (N-methyl/N-ethyl adjacent to an activating group) is 1. The highest BCUT2D eigenvalue weighted by atomic mass is 79.9. The largest absolute Gasteiger partial charge is 0.483 e. The summed E-state index contributed by atoms with van der Waals surface area (Å²) in [5.41, 5.74) is 0. The maximum absolute atomic E-state index is 11.7. The Bertz CT molecular complexity index is 497. The number of nitrogens with one attached hydrogen (secondary N) is 2. The number of hydrogen-bond acceptors (Lipinski definition) is 3. The van der Waals surface area contributed by atoms with E-state index in [1.54, 1.807) is 25.1 Å². The number of benzene rings is 1. The Morgan fingerprint density at radius 1 is 1.45 bits per heavy atom. The van der Waals surface area contributed by atoms with Gasteiger partial charge in [-0.1, -0.05) is 11.6 Å². The van der Waals surface area contributed by atoms with E-state index < -0.39 is 6.04 Å². The maximum Gasteiger partial charge on any atom is 0.258 e. The summed E-state index contributed by atoms with van der Waals surface area (Å²) in [6.45, 7) is 3.77. The van der Waals surface area contributed by atoms with Crippen molar-refractivity contribution < 1.29 is 14.3 Å². The summed E-state index contributed by atoms with van der Waals surface area (Å²) in [4.78, 5) is 23.1. The van der Waals surface area contributed by atoms with E-state index in [0.717, 1.165) is 0 Å². The van der Waals surface area contributed by atoms with Gasteiger partial charge in [0.15, 0.2) is 6.61 Å². The van der Waals surface area contributed by atoms with Crippen molar-refractivity contribution in [2.24, 2.45) is 0 Å². The van der Waals surface area contributed by atoms with Crippen LogP contribution >= 0.6 is 27.5 Å². The Morgan fingerprint density at radius 2 is 2.15 bits per heavy atom. The molecule has 0 fully saturated rings. The molecular formula is C13H16BrClN2O3. The zero-order valence-corrected chi connectivity index (χ0v) is 13.5. The van der Waals surface area contributed by atoms with Crippen LogP contribution in [0, 0.1) is 0 Å². The summed E-state index contributed by atoms with van der Waals surface area (Å²) >= 11 is 9.09. The number of carbonyl (C=O) groups is 2. The molecule has 0 aliphatic rings. The number of ether oxygens (including phenoxy) is 1. The summed E-state index contributed by atoms with van der Waals surface area (Å²) in [6.07, 6.45) is 0. The lowest BCUT2D eigenvalue weighted by Crippen LogP contribution is -2.46. The van der Waals surface area contributed by atoms with Crippen molar-refractivity contribution in [1.82, 2.24) is 10.6 Å². The van der Waals surface area contributed by atoms with Crippen molar-refractivity contribution >= 4 is 39.3 Å². The second kappa shape index (κ2) is 8.11. The van der Waals surface area contributed by atoms with E-state index in [-0.39, 0.29) is 18.4 Å². The van der Waals surface area contributed by atoms with Crippen LogP contribution in [0.25, 0.3) is 0 Å². The van der Waals surface area contributed by atoms with Crippen molar-refractivity contribution in [2.45, 2.75) is 19.9 Å². The Kier molecular flexibility index (Phi) is 6.81. The zero-order valence-electron chi connectivity index (χ0n) is 11.2. The minimum atomic E-state index is -0.597. The average Bonchev–Trinajstić information content (AvgIpc) is 2.37. The Labute approximate surface area is 131 Å². The molecule has 1 rings (SSSR count). The van der Waals surface area contributed by atoms with Crippen LogP contribution in [0.3, 0.4) is 0 Å². The molecule has 0 aromatic heterocycles. The Morgan fingerprint density at radius 3 is 2.75 bits per heavy atom. The quantitative estimate of drug-likeness (QED) is 0.813. The molecule has 0 radical (unpaired) electrons. The lowest BCUT2D eigenvalue weighted by Gasteiger charge is -2.14. The van der Waals surface area contributed by atoms with Crippen LogP contribution in [0.5, 0.6) is 5.75 Å². The first kappa shape index (κ1) is 16.8. The number of hydrogen-bond donors (Lipinski definition) is 2. The van der Waals surface area contributed by atoms with Crippen LogP contribution in [0.1, 0.15) is 13.8 Å². The molecule has 2 amide bonds. The molecule has 0 heterocycles. The number of carbonyl (C=O) groups excluding carboxylic acids is 2. The van der Waals surface area contributed by atoms with Crippen LogP contribution in [0.15, 0.2) is 22.7 Å². The lowest BCUT2D eigenvalue weighted by molar-refractivity contribution is -0.129. The summed E-state index contributed by atoms with van der Waals surface area (Å²) in [7, 11) is 0. The average molecular weight is 364 g/mol. The normalized spacial score (nSPS) is 11.6. The van der Waals surface area contributed by atoms with Gasteiger partial charge in [-0.05, 0) is 48.0 Å². The fourth-order valence-electron chi connectivity index (χ4n) is 1.41. The van der Waals surface area contributed by atoms with Crippen molar-refractivity contribution in [3.8, 4) is 5.75 Å². The van der Waals surface area contributed by atoms with E-state index in [4.69, 9.17) is 16.3 Å². The highest BCUT2D eigenvalue weighted by molar-refractivity contribution is 9.10. The predicted octanol–water partition coefficient (Wildman–Crippen LogP) is 2.12. The molecule has 1 aromatic rings. The fourth-order valence-corrected chi connectivity index (χ4v) is 2.21. The van der Waals surface area contributed by atoms with Crippen LogP contribution in [-0.2, 0) is 9.59 Å². The van der Waals surface area contributed by atoms with Gasteiger partial charge in [0.25, 0.3) is 5.91 Å². The van der Waals surface area contributed by atoms with Crippen molar-refractivity contribution in [2.75, 3.05) is 13.2 Å². The first-order chi connectivity index (χ1) is 9.43. The van der Waals surface area contributed by atoms with E-state index in [1.165, 1.54) is 0 Å². The van der Waals surface area contributed by atoms with Crippen LogP contribution < -0.4 is 15.4 Å². The minimum absolute atomic E-state index is 0.177. The van der Waals surface area contributed by atoms with Gasteiger partial charge in [0, 0.05) is 11.6 Å². The molecule has 20 heavy (non-hydrogen) atoms. The van der Waals surface area contributed by atoms with Gasteiger partial charge in [0.05, 0.1) is 4.47 Å². The predicted molar refractivity (Wildman–Crippen MR) is 80.9 cm³/mol. The van der Waals surface area contributed by atoms with E-state index in [2.05, 4.69) is 26.6 Å². The van der Waals surface area contributed by atoms with E-state index in [1.807, 2.05) is 6.92 Å². The first-order valence-corrected chi connectivity index (χ1v) is 7.26. The van der Waals surface area contributed by atoms with Crippen molar-refractivity contribution in [1.29, 1.82) is 0 Å². The highest BCUT2D eigenvalue weighted by Gasteiger charge is 2.15. The summed E-state index contributed by atoms with van der Waals surface area (Å²) < 4.78 is 6.01. The Balaban J connectivity index is 2.45. The molecule has 0 unspecified atom stereocenters. The molecule has 5 nitrogen and oxygen atoms in total. The molecular weight excluding hydrogens is 348 g/mol. The van der Waals surface area contributed by atoms with Gasteiger partial charge in [-0.3, -0.25) is 9.59 Å². The van der Waals surface area contributed by atoms with Gasteiger partial charge >= 0.3 is 0 Å². The molecule has 0 aliphatic carbocycles. The van der Waals surface area contributed by atoms with E-state index in [0.29, 0.717) is 21.8 Å². The molecule has 0 saturated heterocycles. The molecule has 0 bridgehead atoms. The van der Waals surface area contributed by atoms with Gasteiger partial charge in [-0.25, -0.2) is 0 Å². The van der Waals surface area contributed by atoms with Crippen LogP contribution in [-0.4, -0.2) is 31.0 Å². The summed E-state index contributed by atoms with van der Waals surface area (Å²) in [5, 5.41) is 5.74. The number of amides is 2. The standard InChI is InChI=1S/C13H16BrClN2O3/c1-3-16-13(19)8(2)17-12(18)7-20-11-5-4-9(15)6-10(11)14/h4-6,8H,3,7H2,1-2H3,(H,16,19)(H,17,18)/t8-/m1/s1. The third-order valence-electron chi connectivity index (χ3n) is 2.37. The van der Waals surface area contributed by atoms with Gasteiger partial charge < -0.3 is 15.4 Å². The topological polar surface area (TPSA) is 67.4 Å². The molecule has 0 saturated carbocycles. The maximum atomic E-state index is 11.7. The van der Waals surface area contributed by atoms with Gasteiger partial charge in [-0.2, -0.15) is 0 Å². The molecule has 0 aliphatic heterocycles. The smallest absolute Gasteiger partial charge is 0.258 e. The van der Waals surface area contributed by atoms with Gasteiger partial charge in [0.1, 0.15) is 11.8 Å². The van der Waals surface area contributed by atoms with Gasteiger partial charge in [0.2, 0.25) is 5.91 Å². The fraction of sp³-hybridized carbons (Fsp3) is 0.385. The van der Waals surface area contributed by atoms with Crippen LogP contribution in [0.2, 0.25) is 5.02 Å². The third kappa shape index (κ3) is 5.38. The number of halogens is 2. The molecule has 1 atom stereocenters. The summed E-state index contributed by atoms with van der Waals surface area (Å²) in [5.74, 6) is -0.0886. The third-order valence-corrected chi connectivity index (χ3v) is 3.23. The van der Waals surface area contributed by atoms with Gasteiger partial charge in [-0.15, -0.1) is 0 Å². The van der Waals surface area contributed by atoms with Crippen molar-refractivity contribution in [3.05, 3.63) is 27.7 Å². The SMILES string of the molecule is CCNC(=O)[C@@H](C)NC(=O)COc1ccc(Cl)cc1Br. The highest BCUT2D eigenvalue weighted by Crippen LogP contribution is 2.27. The first-order valence-electron chi connectivity index (χ1n) is 6.09. The van der Waals surface area contributed by atoms with E-state index in [9.17, 15) is 9.59 Å². The summed E-state index contributed by atoms with van der Waals surface area (Å²) in [6, 6.07) is 4.40. The van der Waals surface area contributed by atoms with Crippen molar-refractivity contribution in [3.63, 3.8) is 0 Å². The molecule has 1 aromatic carbocycles. The molecule has 0 spiro atoms.